The molecule has 0 saturated heterocycles. The van der Waals surface area contributed by atoms with Gasteiger partial charge in [0, 0.05) is 18.8 Å². The molecule has 0 heterocycles. The molecule has 152 valence electrons. The average molecular weight is 377 g/mol. The topological polar surface area (TPSA) is 52.6 Å². The Kier molecular flexibility index (Phi) is 11.6. The fraction of sp³-hybridized carbons (Fsp3) is 0.739. The minimum atomic E-state index is -0.424. The van der Waals surface area contributed by atoms with E-state index in [4.69, 9.17) is 9.47 Å². The molecule has 0 bridgehead atoms. The normalized spacial score (nSPS) is 16.6. The third kappa shape index (κ3) is 10.9. The van der Waals surface area contributed by atoms with Gasteiger partial charge in [0.25, 0.3) is 0 Å². The van der Waals surface area contributed by atoms with Gasteiger partial charge in [0.15, 0.2) is 6.10 Å². The zero-order chi connectivity index (χ0) is 20.1. The zero-order valence-electron chi connectivity index (χ0n) is 17.4. The van der Waals surface area contributed by atoms with Crippen LogP contribution in [-0.2, 0) is 19.1 Å². The first-order valence-corrected chi connectivity index (χ1v) is 10.4. The summed E-state index contributed by atoms with van der Waals surface area (Å²) in [6.07, 6.45) is 8.52. The molecule has 1 aliphatic rings. The summed E-state index contributed by atoms with van der Waals surface area (Å²) in [5.41, 5.74) is 0.750. The van der Waals surface area contributed by atoms with E-state index in [0.717, 1.165) is 31.3 Å². The third-order valence-electron chi connectivity index (χ3n) is 4.91. The molecule has 0 aromatic heterocycles. The second-order valence-electron chi connectivity index (χ2n) is 7.77. The Bertz CT molecular complexity index is 534. The summed E-state index contributed by atoms with van der Waals surface area (Å²) < 4.78 is 10.9. The molecule has 1 saturated carbocycles. The Morgan fingerprint density at radius 2 is 1.81 bits per heavy atom. The molecule has 0 aromatic carbocycles. The van der Waals surface area contributed by atoms with Crippen molar-refractivity contribution >= 4 is 11.9 Å². The second kappa shape index (κ2) is 13.4. The first kappa shape index (κ1) is 23.3. The number of allylic oxidation sites excluding steroid dienone is 1. The van der Waals surface area contributed by atoms with Crippen LogP contribution in [0.1, 0.15) is 85.0 Å². The van der Waals surface area contributed by atoms with Crippen molar-refractivity contribution < 1.29 is 19.1 Å². The molecule has 0 N–H and O–H groups in total. The van der Waals surface area contributed by atoms with E-state index in [1.807, 2.05) is 13.8 Å². The lowest BCUT2D eigenvalue weighted by atomic mass is 9.90. The molecule has 1 fully saturated rings. The van der Waals surface area contributed by atoms with Crippen molar-refractivity contribution in [3.8, 4) is 11.8 Å². The molecule has 2 atom stereocenters. The lowest BCUT2D eigenvalue weighted by molar-refractivity contribution is -0.149. The van der Waals surface area contributed by atoms with Gasteiger partial charge in [-0.3, -0.25) is 9.59 Å². The summed E-state index contributed by atoms with van der Waals surface area (Å²) in [6, 6.07) is 0. The second-order valence-corrected chi connectivity index (χ2v) is 7.77. The van der Waals surface area contributed by atoms with Crippen molar-refractivity contribution in [2.75, 3.05) is 6.61 Å². The van der Waals surface area contributed by atoms with Gasteiger partial charge in [-0.1, -0.05) is 58.0 Å². The summed E-state index contributed by atoms with van der Waals surface area (Å²) >= 11 is 0. The SMILES string of the molecule is C=C(C)C#CC(OC(=O)CCCC(=O)OCC1CCCCC1)C(C)CCC. The number of carbonyl (C=O) groups is 2. The van der Waals surface area contributed by atoms with Crippen LogP contribution in [0, 0.1) is 23.7 Å². The van der Waals surface area contributed by atoms with Crippen LogP contribution < -0.4 is 0 Å². The highest BCUT2D eigenvalue weighted by Crippen LogP contribution is 2.23. The standard InChI is InChI=1S/C23H36O4/c1-5-10-19(4)21(16-15-18(2)3)27-23(25)14-9-13-22(24)26-17-20-11-7-6-8-12-20/h19-21H,2,5-14,17H2,1,3-4H3. The van der Waals surface area contributed by atoms with Crippen molar-refractivity contribution in [2.45, 2.75) is 91.1 Å². The highest BCUT2D eigenvalue weighted by Gasteiger charge is 2.20. The number of carbonyl (C=O) groups excluding carboxylic acids is 2. The molecule has 0 radical (unpaired) electrons. The maximum absolute atomic E-state index is 12.1. The summed E-state index contributed by atoms with van der Waals surface area (Å²) in [6.45, 7) is 10.3. The van der Waals surface area contributed by atoms with E-state index in [-0.39, 0.29) is 30.7 Å². The first-order valence-electron chi connectivity index (χ1n) is 10.4. The Hall–Kier alpha value is -1.76. The molecule has 0 spiro atoms. The highest BCUT2D eigenvalue weighted by atomic mass is 16.5. The molecule has 0 aromatic rings. The monoisotopic (exact) mass is 376 g/mol. The highest BCUT2D eigenvalue weighted by molar-refractivity contribution is 5.72. The Balaban J connectivity index is 2.31. The van der Waals surface area contributed by atoms with Crippen LogP contribution in [0.5, 0.6) is 0 Å². The van der Waals surface area contributed by atoms with Crippen molar-refractivity contribution in [3.63, 3.8) is 0 Å². The molecular formula is C23H36O4. The van der Waals surface area contributed by atoms with Gasteiger partial charge >= 0.3 is 11.9 Å². The Morgan fingerprint density at radius 3 is 2.44 bits per heavy atom. The van der Waals surface area contributed by atoms with Crippen molar-refractivity contribution in [1.82, 2.24) is 0 Å². The predicted molar refractivity (Wildman–Crippen MR) is 108 cm³/mol. The number of ether oxygens (including phenoxy) is 2. The van der Waals surface area contributed by atoms with Crippen LogP contribution in [0.4, 0.5) is 0 Å². The van der Waals surface area contributed by atoms with Crippen LogP contribution in [0.3, 0.4) is 0 Å². The van der Waals surface area contributed by atoms with Crippen LogP contribution in [0.25, 0.3) is 0 Å². The van der Waals surface area contributed by atoms with Gasteiger partial charge in [-0.05, 0) is 44.1 Å². The van der Waals surface area contributed by atoms with E-state index < -0.39 is 6.10 Å². The van der Waals surface area contributed by atoms with Crippen LogP contribution in [0.2, 0.25) is 0 Å². The largest absolute Gasteiger partial charge is 0.465 e. The summed E-state index contributed by atoms with van der Waals surface area (Å²) in [4.78, 5) is 24.0. The van der Waals surface area contributed by atoms with Crippen LogP contribution >= 0.6 is 0 Å². The van der Waals surface area contributed by atoms with Gasteiger partial charge in [-0.2, -0.15) is 0 Å². The minimum absolute atomic E-state index is 0.172. The molecule has 27 heavy (non-hydrogen) atoms. The molecule has 2 unspecified atom stereocenters. The fourth-order valence-corrected chi connectivity index (χ4v) is 3.30. The van der Waals surface area contributed by atoms with E-state index in [0.29, 0.717) is 18.9 Å². The molecule has 4 heteroatoms. The molecule has 1 aliphatic carbocycles. The van der Waals surface area contributed by atoms with Crippen molar-refractivity contribution in [1.29, 1.82) is 0 Å². The summed E-state index contributed by atoms with van der Waals surface area (Å²) in [5.74, 6) is 6.09. The van der Waals surface area contributed by atoms with E-state index in [1.165, 1.54) is 19.3 Å². The molecule has 1 rings (SSSR count). The van der Waals surface area contributed by atoms with Gasteiger partial charge in [-0.25, -0.2) is 0 Å². The smallest absolute Gasteiger partial charge is 0.307 e. The van der Waals surface area contributed by atoms with Crippen molar-refractivity contribution in [3.05, 3.63) is 12.2 Å². The van der Waals surface area contributed by atoms with E-state index >= 15 is 0 Å². The lowest BCUT2D eigenvalue weighted by Gasteiger charge is -2.21. The molecule has 0 aliphatic heterocycles. The zero-order valence-corrected chi connectivity index (χ0v) is 17.4. The van der Waals surface area contributed by atoms with E-state index in [1.54, 1.807) is 0 Å². The van der Waals surface area contributed by atoms with Gasteiger partial charge < -0.3 is 9.47 Å². The number of rotatable bonds is 10. The molecule has 4 nitrogen and oxygen atoms in total. The minimum Gasteiger partial charge on any atom is -0.465 e. The van der Waals surface area contributed by atoms with Crippen molar-refractivity contribution in [2.24, 2.45) is 11.8 Å². The molecular weight excluding hydrogens is 340 g/mol. The Labute approximate surface area is 165 Å². The van der Waals surface area contributed by atoms with Gasteiger partial charge in [0.05, 0.1) is 6.61 Å². The van der Waals surface area contributed by atoms with E-state index in [9.17, 15) is 9.59 Å². The summed E-state index contributed by atoms with van der Waals surface area (Å²) in [5, 5.41) is 0. The van der Waals surface area contributed by atoms with Crippen LogP contribution in [0.15, 0.2) is 12.2 Å². The van der Waals surface area contributed by atoms with Gasteiger partial charge in [0.2, 0.25) is 0 Å². The third-order valence-corrected chi connectivity index (χ3v) is 4.91. The summed E-state index contributed by atoms with van der Waals surface area (Å²) in [7, 11) is 0. The maximum atomic E-state index is 12.1. The molecule has 0 amide bonds. The quantitative estimate of drug-likeness (QED) is 0.388. The van der Waals surface area contributed by atoms with Crippen LogP contribution in [-0.4, -0.2) is 24.6 Å². The number of hydrogen-bond donors (Lipinski definition) is 0. The van der Waals surface area contributed by atoms with Gasteiger partial charge in [0.1, 0.15) is 0 Å². The number of esters is 2. The van der Waals surface area contributed by atoms with Gasteiger partial charge in [-0.15, -0.1) is 0 Å². The number of hydrogen-bond acceptors (Lipinski definition) is 4. The maximum Gasteiger partial charge on any atom is 0.307 e. The predicted octanol–water partition coefficient (Wildman–Crippen LogP) is 5.21. The average Bonchev–Trinajstić information content (AvgIpc) is 2.64. The Morgan fingerprint density at radius 1 is 1.15 bits per heavy atom. The first-order chi connectivity index (χ1) is 12.9. The fourth-order valence-electron chi connectivity index (χ4n) is 3.30. The van der Waals surface area contributed by atoms with E-state index in [2.05, 4.69) is 25.3 Å². The lowest BCUT2D eigenvalue weighted by Crippen LogP contribution is -2.24.